The number of carbonyl (C=O) groups excluding carboxylic acids is 1. The van der Waals surface area contributed by atoms with Gasteiger partial charge in [0.2, 0.25) is 0 Å². The molecule has 0 atom stereocenters. The summed E-state index contributed by atoms with van der Waals surface area (Å²) in [6, 6.07) is 6.66. The fourth-order valence-electron chi connectivity index (χ4n) is 2.43. The molecule has 1 heterocycles. The van der Waals surface area contributed by atoms with Gasteiger partial charge in [-0.2, -0.15) is 0 Å². The Balaban J connectivity index is 1.87. The van der Waals surface area contributed by atoms with Gasteiger partial charge in [0.15, 0.2) is 0 Å². The van der Waals surface area contributed by atoms with Crippen LogP contribution in [0.1, 0.15) is 29.5 Å². The number of benzene rings is 1. The summed E-state index contributed by atoms with van der Waals surface area (Å²) in [4.78, 5) is 13.6. The Hall–Kier alpha value is -1.15. The smallest absolute Gasteiger partial charge is 0.135 e. The van der Waals surface area contributed by atoms with Crippen LogP contribution in [-0.2, 0) is 11.2 Å². The van der Waals surface area contributed by atoms with Crippen LogP contribution in [0.4, 0.5) is 0 Å². The fourth-order valence-corrected chi connectivity index (χ4v) is 2.43. The summed E-state index contributed by atoms with van der Waals surface area (Å²) >= 11 is 0. The van der Waals surface area contributed by atoms with Crippen molar-refractivity contribution in [1.29, 1.82) is 0 Å². The van der Waals surface area contributed by atoms with Gasteiger partial charge in [0.25, 0.3) is 0 Å². The summed E-state index contributed by atoms with van der Waals surface area (Å²) in [5.41, 5.74) is 4.15. The molecule has 2 nitrogen and oxygen atoms in total. The van der Waals surface area contributed by atoms with Gasteiger partial charge in [-0.1, -0.05) is 23.8 Å². The van der Waals surface area contributed by atoms with E-state index in [1.807, 2.05) is 0 Å². The van der Waals surface area contributed by atoms with Crippen molar-refractivity contribution in [3.05, 3.63) is 34.9 Å². The maximum atomic E-state index is 11.1. The lowest BCUT2D eigenvalue weighted by atomic mass is 10.0. The molecule has 2 rings (SSSR count). The maximum Gasteiger partial charge on any atom is 0.135 e. The first kappa shape index (κ1) is 12.3. The second-order valence-electron chi connectivity index (χ2n) is 5.06. The Bertz CT molecular complexity index is 401. The van der Waals surface area contributed by atoms with E-state index in [1.54, 1.807) is 0 Å². The van der Waals surface area contributed by atoms with E-state index in [0.29, 0.717) is 5.78 Å². The van der Waals surface area contributed by atoms with Crippen molar-refractivity contribution < 1.29 is 4.79 Å². The number of nitrogens with zero attached hydrogens (tertiary/aromatic N) is 1. The van der Waals surface area contributed by atoms with Crippen molar-refractivity contribution in [1.82, 2.24) is 4.90 Å². The predicted octanol–water partition coefficient (Wildman–Crippen LogP) is 2.51. The predicted molar refractivity (Wildman–Crippen MR) is 70.3 cm³/mol. The molecule has 0 bridgehead atoms. The highest BCUT2D eigenvalue weighted by Gasteiger charge is 2.15. The molecule has 0 aromatic heterocycles. The Morgan fingerprint density at radius 3 is 2.53 bits per heavy atom. The van der Waals surface area contributed by atoms with Crippen molar-refractivity contribution in [3.63, 3.8) is 0 Å². The van der Waals surface area contributed by atoms with Gasteiger partial charge >= 0.3 is 0 Å². The van der Waals surface area contributed by atoms with E-state index < -0.39 is 0 Å². The molecule has 0 unspecified atom stereocenters. The second kappa shape index (κ2) is 5.46. The van der Waals surface area contributed by atoms with Gasteiger partial charge in [0, 0.05) is 32.5 Å². The SMILES string of the molecule is Cc1ccc(CCN2CCC(=O)CC2)c(C)c1. The number of Topliss-reactive ketones (excluding diaryl/α,β-unsaturated/α-hetero) is 1. The summed E-state index contributed by atoms with van der Waals surface area (Å²) in [5.74, 6) is 0.424. The number of aryl methyl sites for hydroxylation is 2. The molecule has 92 valence electrons. The third kappa shape index (κ3) is 3.40. The minimum absolute atomic E-state index is 0.424. The molecule has 0 radical (unpaired) electrons. The van der Waals surface area contributed by atoms with E-state index in [1.165, 1.54) is 16.7 Å². The molecule has 1 fully saturated rings. The number of hydrogen-bond acceptors (Lipinski definition) is 2. The zero-order valence-electron chi connectivity index (χ0n) is 10.8. The highest BCUT2D eigenvalue weighted by molar-refractivity contribution is 5.79. The average molecular weight is 231 g/mol. The number of likely N-dealkylation sites (tertiary alicyclic amines) is 1. The first-order chi connectivity index (χ1) is 8.15. The standard InChI is InChI=1S/C15H21NO/c1-12-3-4-14(13(2)11-12)5-8-16-9-6-15(17)7-10-16/h3-4,11H,5-10H2,1-2H3. The summed E-state index contributed by atoms with van der Waals surface area (Å²) < 4.78 is 0. The summed E-state index contributed by atoms with van der Waals surface area (Å²) in [7, 11) is 0. The third-order valence-corrected chi connectivity index (χ3v) is 3.61. The van der Waals surface area contributed by atoms with Crippen molar-refractivity contribution >= 4 is 5.78 Å². The first-order valence-corrected chi connectivity index (χ1v) is 6.45. The van der Waals surface area contributed by atoms with Crippen LogP contribution in [0.5, 0.6) is 0 Å². The molecule has 0 aliphatic carbocycles. The summed E-state index contributed by atoms with van der Waals surface area (Å²) in [6.45, 7) is 7.29. The van der Waals surface area contributed by atoms with Gasteiger partial charge in [-0.25, -0.2) is 0 Å². The van der Waals surface area contributed by atoms with Crippen molar-refractivity contribution in [2.24, 2.45) is 0 Å². The normalized spacial score (nSPS) is 17.4. The lowest BCUT2D eigenvalue weighted by Gasteiger charge is -2.25. The molecular formula is C15H21NO. The molecule has 0 amide bonds. The van der Waals surface area contributed by atoms with Crippen LogP contribution >= 0.6 is 0 Å². The van der Waals surface area contributed by atoms with Gasteiger partial charge in [-0.05, 0) is 31.4 Å². The van der Waals surface area contributed by atoms with Gasteiger partial charge in [0.1, 0.15) is 5.78 Å². The van der Waals surface area contributed by atoms with Crippen LogP contribution in [0, 0.1) is 13.8 Å². The summed E-state index contributed by atoms with van der Waals surface area (Å²) in [5, 5.41) is 0. The third-order valence-electron chi connectivity index (χ3n) is 3.61. The van der Waals surface area contributed by atoms with Crippen LogP contribution in [-0.4, -0.2) is 30.3 Å². The van der Waals surface area contributed by atoms with Crippen molar-refractivity contribution in [2.75, 3.05) is 19.6 Å². The van der Waals surface area contributed by atoms with Crippen LogP contribution < -0.4 is 0 Å². The van der Waals surface area contributed by atoms with Gasteiger partial charge in [-0.15, -0.1) is 0 Å². The molecule has 1 aromatic rings. The largest absolute Gasteiger partial charge is 0.302 e. The highest BCUT2D eigenvalue weighted by Crippen LogP contribution is 2.13. The monoisotopic (exact) mass is 231 g/mol. The van der Waals surface area contributed by atoms with Gasteiger partial charge < -0.3 is 4.90 Å². The summed E-state index contributed by atoms with van der Waals surface area (Å²) in [6.07, 6.45) is 2.58. The van der Waals surface area contributed by atoms with E-state index in [9.17, 15) is 4.79 Å². The second-order valence-corrected chi connectivity index (χ2v) is 5.06. The van der Waals surface area contributed by atoms with E-state index >= 15 is 0 Å². The Morgan fingerprint density at radius 1 is 1.18 bits per heavy atom. The number of rotatable bonds is 3. The van der Waals surface area contributed by atoms with Gasteiger partial charge in [-0.3, -0.25) is 4.79 Å². The quantitative estimate of drug-likeness (QED) is 0.796. The fraction of sp³-hybridized carbons (Fsp3) is 0.533. The van der Waals surface area contributed by atoms with Crippen LogP contribution in [0.25, 0.3) is 0 Å². The molecule has 1 aliphatic heterocycles. The molecule has 1 saturated heterocycles. The molecule has 2 heteroatoms. The lowest BCUT2D eigenvalue weighted by molar-refractivity contribution is -0.121. The van der Waals surface area contributed by atoms with Crippen LogP contribution in [0.15, 0.2) is 18.2 Å². The van der Waals surface area contributed by atoms with Crippen LogP contribution in [0.2, 0.25) is 0 Å². The highest BCUT2D eigenvalue weighted by atomic mass is 16.1. The van der Waals surface area contributed by atoms with Crippen molar-refractivity contribution in [2.45, 2.75) is 33.1 Å². The minimum atomic E-state index is 0.424. The zero-order valence-corrected chi connectivity index (χ0v) is 10.8. The van der Waals surface area contributed by atoms with E-state index in [0.717, 1.165) is 38.9 Å². The van der Waals surface area contributed by atoms with Crippen LogP contribution in [0.3, 0.4) is 0 Å². The first-order valence-electron chi connectivity index (χ1n) is 6.45. The van der Waals surface area contributed by atoms with E-state index in [2.05, 4.69) is 36.9 Å². The number of ketones is 1. The number of carbonyl (C=O) groups is 1. The zero-order chi connectivity index (χ0) is 12.3. The maximum absolute atomic E-state index is 11.1. The molecule has 0 spiro atoms. The lowest BCUT2D eigenvalue weighted by Crippen LogP contribution is -2.35. The van der Waals surface area contributed by atoms with E-state index in [4.69, 9.17) is 0 Å². The molecular weight excluding hydrogens is 210 g/mol. The minimum Gasteiger partial charge on any atom is -0.302 e. The molecule has 1 aliphatic rings. The van der Waals surface area contributed by atoms with Gasteiger partial charge in [0.05, 0.1) is 0 Å². The number of piperidine rings is 1. The molecule has 0 saturated carbocycles. The Kier molecular flexibility index (Phi) is 3.95. The molecule has 1 aromatic carbocycles. The Labute approximate surface area is 104 Å². The number of hydrogen-bond donors (Lipinski definition) is 0. The average Bonchev–Trinajstić information content (AvgIpc) is 2.30. The Morgan fingerprint density at radius 2 is 1.88 bits per heavy atom. The molecule has 17 heavy (non-hydrogen) atoms. The molecule has 0 N–H and O–H groups in total. The topological polar surface area (TPSA) is 20.3 Å². The van der Waals surface area contributed by atoms with E-state index in [-0.39, 0.29) is 0 Å². The van der Waals surface area contributed by atoms with Crippen molar-refractivity contribution in [3.8, 4) is 0 Å².